The highest BCUT2D eigenvalue weighted by Gasteiger charge is 2.36. The minimum atomic E-state index is -0.583. The van der Waals surface area contributed by atoms with Gasteiger partial charge < -0.3 is 10.5 Å². The lowest BCUT2D eigenvalue weighted by molar-refractivity contribution is -0.122. The Morgan fingerprint density at radius 1 is 1.07 bits per heavy atom. The molecule has 2 aromatic rings. The number of rotatable bonds is 7. The van der Waals surface area contributed by atoms with Crippen molar-refractivity contribution < 1.29 is 23.9 Å². The van der Waals surface area contributed by atoms with Crippen LogP contribution >= 0.6 is 27.7 Å². The highest BCUT2D eigenvalue weighted by atomic mass is 79.9. The number of nitrogens with zero attached hydrogens (tertiary/aromatic N) is 1. The molecule has 0 radical (unpaired) electrons. The summed E-state index contributed by atoms with van der Waals surface area (Å²) >= 11 is 4.07. The van der Waals surface area contributed by atoms with E-state index in [4.69, 9.17) is 10.5 Å². The van der Waals surface area contributed by atoms with Crippen molar-refractivity contribution in [3.8, 4) is 5.75 Å². The molecule has 0 saturated carbocycles. The number of nitrogens with two attached hydrogens (primary N) is 1. The van der Waals surface area contributed by atoms with Crippen molar-refractivity contribution in [2.75, 3.05) is 13.2 Å². The Morgan fingerprint density at radius 3 is 2.34 bits per heavy atom. The first-order valence-corrected chi connectivity index (χ1v) is 10.00. The van der Waals surface area contributed by atoms with Crippen LogP contribution in [0.5, 0.6) is 5.75 Å². The number of Topliss-reactive ketones (excluding diaryl/α,β-unsaturated/α-hetero) is 1. The molecular weight excluding hydrogens is 460 g/mol. The number of halogens is 1. The molecule has 2 aromatic carbocycles. The van der Waals surface area contributed by atoms with Gasteiger partial charge in [-0.25, -0.2) is 0 Å². The van der Waals surface area contributed by atoms with E-state index < -0.39 is 17.1 Å². The zero-order valence-corrected chi connectivity index (χ0v) is 17.4. The second kappa shape index (κ2) is 9.06. The zero-order valence-electron chi connectivity index (χ0n) is 15.0. The Balaban J connectivity index is 1.68. The van der Waals surface area contributed by atoms with Crippen LogP contribution in [0.3, 0.4) is 0 Å². The van der Waals surface area contributed by atoms with E-state index in [1.807, 2.05) is 0 Å². The van der Waals surface area contributed by atoms with Crippen molar-refractivity contribution in [2.45, 2.75) is 0 Å². The van der Waals surface area contributed by atoms with Gasteiger partial charge in [0.25, 0.3) is 17.1 Å². The summed E-state index contributed by atoms with van der Waals surface area (Å²) in [7, 11) is 0. The van der Waals surface area contributed by atoms with E-state index >= 15 is 0 Å². The molecule has 0 unspecified atom stereocenters. The highest BCUT2D eigenvalue weighted by molar-refractivity contribution is 9.10. The van der Waals surface area contributed by atoms with E-state index in [0.717, 1.165) is 21.1 Å². The van der Waals surface area contributed by atoms with Gasteiger partial charge in [-0.2, -0.15) is 0 Å². The highest BCUT2D eigenvalue weighted by Crippen LogP contribution is 2.32. The topological polar surface area (TPSA) is 107 Å². The average molecular weight is 475 g/mol. The molecule has 1 heterocycles. The number of ketones is 1. The molecule has 0 aliphatic carbocycles. The van der Waals surface area contributed by atoms with E-state index in [1.54, 1.807) is 54.6 Å². The SMILES string of the molecule is NC(=O)COc1ccc(/C=C2\SC(=O)N(CC(=O)c3ccc(Br)cc3)C2=O)cc1. The molecule has 7 nitrogen and oxygen atoms in total. The molecule has 1 fully saturated rings. The molecule has 0 spiro atoms. The van der Waals surface area contributed by atoms with Gasteiger partial charge in [0.1, 0.15) is 5.75 Å². The number of benzene rings is 2. The molecule has 2 N–H and O–H groups in total. The fraction of sp³-hybridized carbons (Fsp3) is 0.100. The fourth-order valence-electron chi connectivity index (χ4n) is 2.47. The maximum absolute atomic E-state index is 12.6. The number of imide groups is 1. The van der Waals surface area contributed by atoms with Crippen molar-refractivity contribution in [2.24, 2.45) is 5.73 Å². The van der Waals surface area contributed by atoms with Crippen LogP contribution < -0.4 is 10.5 Å². The van der Waals surface area contributed by atoms with Gasteiger partial charge >= 0.3 is 0 Å². The normalized spacial score (nSPS) is 15.1. The van der Waals surface area contributed by atoms with Crippen LogP contribution in [0.15, 0.2) is 57.9 Å². The van der Waals surface area contributed by atoms with Crippen LogP contribution in [0.2, 0.25) is 0 Å². The molecule has 29 heavy (non-hydrogen) atoms. The quantitative estimate of drug-likeness (QED) is 0.487. The fourth-order valence-corrected chi connectivity index (χ4v) is 3.58. The van der Waals surface area contributed by atoms with Gasteiger partial charge in [0.05, 0.1) is 11.4 Å². The van der Waals surface area contributed by atoms with Crippen molar-refractivity contribution in [1.29, 1.82) is 0 Å². The summed E-state index contributed by atoms with van der Waals surface area (Å²) in [5.74, 6) is -0.967. The van der Waals surface area contributed by atoms with Crippen molar-refractivity contribution in [3.63, 3.8) is 0 Å². The van der Waals surface area contributed by atoms with Gasteiger partial charge in [-0.3, -0.25) is 24.1 Å². The third kappa shape index (κ3) is 5.33. The Kier molecular flexibility index (Phi) is 6.50. The minimum Gasteiger partial charge on any atom is -0.484 e. The monoisotopic (exact) mass is 474 g/mol. The zero-order chi connectivity index (χ0) is 21.0. The van der Waals surface area contributed by atoms with Crippen LogP contribution in [0.25, 0.3) is 6.08 Å². The Labute approximate surface area is 179 Å². The van der Waals surface area contributed by atoms with Gasteiger partial charge in [0, 0.05) is 10.0 Å². The molecule has 0 aromatic heterocycles. The van der Waals surface area contributed by atoms with Crippen LogP contribution in [0.4, 0.5) is 4.79 Å². The number of hydrogen-bond acceptors (Lipinski definition) is 6. The van der Waals surface area contributed by atoms with E-state index in [9.17, 15) is 19.2 Å². The lowest BCUT2D eigenvalue weighted by atomic mass is 10.1. The number of amides is 3. The summed E-state index contributed by atoms with van der Waals surface area (Å²) in [6, 6.07) is 13.3. The van der Waals surface area contributed by atoms with Crippen molar-refractivity contribution in [1.82, 2.24) is 4.90 Å². The van der Waals surface area contributed by atoms with Gasteiger partial charge in [-0.1, -0.05) is 40.2 Å². The number of carbonyl (C=O) groups is 4. The number of thioether (sulfide) groups is 1. The lowest BCUT2D eigenvalue weighted by Crippen LogP contribution is -2.33. The van der Waals surface area contributed by atoms with Gasteiger partial charge in [-0.15, -0.1) is 0 Å². The van der Waals surface area contributed by atoms with Gasteiger partial charge in [-0.05, 0) is 47.7 Å². The average Bonchev–Trinajstić information content (AvgIpc) is 2.95. The van der Waals surface area contributed by atoms with Crippen molar-refractivity contribution >= 4 is 56.6 Å². The van der Waals surface area contributed by atoms with E-state index in [-0.39, 0.29) is 23.8 Å². The van der Waals surface area contributed by atoms with Crippen LogP contribution in [0, 0.1) is 0 Å². The van der Waals surface area contributed by atoms with Crippen LogP contribution in [-0.4, -0.2) is 40.9 Å². The third-order valence-corrected chi connectivity index (χ3v) is 5.34. The summed E-state index contributed by atoms with van der Waals surface area (Å²) in [5.41, 5.74) is 6.11. The Morgan fingerprint density at radius 2 is 1.72 bits per heavy atom. The van der Waals surface area contributed by atoms with Crippen LogP contribution in [-0.2, 0) is 9.59 Å². The molecule has 0 bridgehead atoms. The maximum Gasteiger partial charge on any atom is 0.293 e. The predicted molar refractivity (Wildman–Crippen MR) is 112 cm³/mol. The number of hydrogen-bond donors (Lipinski definition) is 1. The standard InChI is InChI=1S/C20H15BrN2O5S/c21-14-5-3-13(4-6-14)16(24)10-23-19(26)17(29-20(23)27)9-12-1-7-15(8-2-12)28-11-18(22)25/h1-9H,10-11H2,(H2,22,25)/b17-9-. The van der Waals surface area contributed by atoms with Crippen LogP contribution in [0.1, 0.15) is 15.9 Å². The first-order chi connectivity index (χ1) is 13.8. The number of carbonyl (C=O) groups excluding carboxylic acids is 4. The first-order valence-electron chi connectivity index (χ1n) is 8.39. The summed E-state index contributed by atoms with van der Waals surface area (Å²) in [6.07, 6.45) is 1.56. The second-order valence-electron chi connectivity index (χ2n) is 6.02. The molecular formula is C20H15BrN2O5S. The molecule has 1 aliphatic rings. The molecule has 1 saturated heterocycles. The third-order valence-electron chi connectivity index (χ3n) is 3.90. The van der Waals surface area contributed by atoms with Gasteiger partial charge in [0.15, 0.2) is 12.4 Å². The Bertz CT molecular complexity index is 1000. The molecule has 9 heteroatoms. The largest absolute Gasteiger partial charge is 0.484 e. The molecule has 148 valence electrons. The van der Waals surface area contributed by atoms with E-state index in [2.05, 4.69) is 15.9 Å². The minimum absolute atomic E-state index is 0.226. The summed E-state index contributed by atoms with van der Waals surface area (Å²) in [4.78, 5) is 49.1. The summed E-state index contributed by atoms with van der Waals surface area (Å²) in [6.45, 7) is -0.547. The molecule has 0 atom stereocenters. The summed E-state index contributed by atoms with van der Waals surface area (Å²) < 4.78 is 6.00. The Hall–Kier alpha value is -2.91. The van der Waals surface area contributed by atoms with Crippen molar-refractivity contribution in [3.05, 3.63) is 69.0 Å². The number of ether oxygens (including phenoxy) is 1. The lowest BCUT2D eigenvalue weighted by Gasteiger charge is -2.11. The van der Waals surface area contributed by atoms with Gasteiger partial charge in [0.2, 0.25) is 0 Å². The maximum atomic E-state index is 12.6. The molecule has 3 amide bonds. The number of primary amides is 1. The smallest absolute Gasteiger partial charge is 0.293 e. The molecule has 3 rings (SSSR count). The summed E-state index contributed by atoms with van der Waals surface area (Å²) in [5, 5.41) is -0.492. The van der Waals surface area contributed by atoms with E-state index in [0.29, 0.717) is 16.9 Å². The van der Waals surface area contributed by atoms with E-state index in [1.165, 1.54) is 0 Å². The molecule has 1 aliphatic heterocycles. The second-order valence-corrected chi connectivity index (χ2v) is 7.93. The predicted octanol–water partition coefficient (Wildman–Crippen LogP) is 3.23. The first kappa shape index (κ1) is 20.8.